The summed E-state index contributed by atoms with van der Waals surface area (Å²) in [5.74, 6) is -0.952. The number of aromatic nitrogens is 1. The van der Waals surface area contributed by atoms with Crippen molar-refractivity contribution < 1.29 is 18.7 Å². The summed E-state index contributed by atoms with van der Waals surface area (Å²) in [5, 5.41) is 3.03. The molecule has 1 aliphatic rings. The number of benzene rings is 1. The first-order chi connectivity index (χ1) is 12.1. The van der Waals surface area contributed by atoms with Crippen molar-refractivity contribution in [2.24, 2.45) is 0 Å². The second-order valence-corrected chi connectivity index (χ2v) is 6.09. The molecule has 0 radical (unpaired) electrons. The molecule has 3 rings (SSSR count). The first-order valence-corrected chi connectivity index (χ1v) is 8.19. The van der Waals surface area contributed by atoms with Crippen LogP contribution >= 0.6 is 0 Å². The van der Waals surface area contributed by atoms with Gasteiger partial charge in [0.05, 0.1) is 7.11 Å². The Morgan fingerprint density at radius 3 is 2.68 bits per heavy atom. The Hall–Kier alpha value is -2.76. The van der Waals surface area contributed by atoms with Crippen LogP contribution in [0, 0.1) is 5.82 Å². The number of nitrogens with one attached hydrogen (secondary N) is 1. The van der Waals surface area contributed by atoms with Crippen LogP contribution in [-0.4, -0.2) is 30.0 Å². The van der Waals surface area contributed by atoms with Gasteiger partial charge in [0.25, 0.3) is 5.91 Å². The minimum Gasteiger partial charge on any atom is -0.464 e. The maximum absolute atomic E-state index is 13.1. The SMILES string of the molecule is COC(=O)c1cc(C(=O)N[C@@H]2CCC[C@@H]2c2ccc(F)cc2)ccn1. The molecular formula is C19H19FN2O3. The lowest BCUT2D eigenvalue weighted by Gasteiger charge is -2.21. The Bertz CT molecular complexity index is 776. The highest BCUT2D eigenvalue weighted by molar-refractivity contribution is 5.97. The van der Waals surface area contributed by atoms with Crippen LogP contribution in [0.15, 0.2) is 42.6 Å². The van der Waals surface area contributed by atoms with Crippen LogP contribution in [0.25, 0.3) is 0 Å². The fraction of sp³-hybridized carbons (Fsp3) is 0.316. The smallest absolute Gasteiger partial charge is 0.356 e. The van der Waals surface area contributed by atoms with Crippen molar-refractivity contribution >= 4 is 11.9 Å². The Labute approximate surface area is 145 Å². The molecule has 6 heteroatoms. The number of esters is 1. The van der Waals surface area contributed by atoms with E-state index in [2.05, 4.69) is 15.0 Å². The van der Waals surface area contributed by atoms with Crippen molar-refractivity contribution in [3.63, 3.8) is 0 Å². The molecule has 0 spiro atoms. The molecule has 2 atom stereocenters. The van der Waals surface area contributed by atoms with E-state index in [1.165, 1.54) is 31.5 Å². The van der Waals surface area contributed by atoms with Crippen LogP contribution in [0.4, 0.5) is 4.39 Å². The van der Waals surface area contributed by atoms with E-state index >= 15 is 0 Å². The third-order valence-corrected chi connectivity index (χ3v) is 4.55. The van der Waals surface area contributed by atoms with Gasteiger partial charge in [-0.05, 0) is 42.7 Å². The highest BCUT2D eigenvalue weighted by Gasteiger charge is 2.30. The van der Waals surface area contributed by atoms with Gasteiger partial charge >= 0.3 is 5.97 Å². The molecule has 5 nitrogen and oxygen atoms in total. The molecule has 1 aromatic carbocycles. The van der Waals surface area contributed by atoms with E-state index in [-0.39, 0.29) is 29.4 Å². The molecule has 0 unspecified atom stereocenters. The van der Waals surface area contributed by atoms with Crippen molar-refractivity contribution in [3.05, 3.63) is 65.2 Å². The monoisotopic (exact) mass is 342 g/mol. The number of hydrogen-bond acceptors (Lipinski definition) is 4. The van der Waals surface area contributed by atoms with Crippen molar-refractivity contribution in [2.75, 3.05) is 7.11 Å². The fourth-order valence-corrected chi connectivity index (χ4v) is 3.28. The molecule has 1 aliphatic carbocycles. The molecule has 1 N–H and O–H groups in total. The minimum absolute atomic E-state index is 0.0206. The average Bonchev–Trinajstić information content (AvgIpc) is 3.09. The van der Waals surface area contributed by atoms with Crippen molar-refractivity contribution in [3.8, 4) is 0 Å². The summed E-state index contributed by atoms with van der Waals surface area (Å²) in [5.41, 5.74) is 1.48. The van der Waals surface area contributed by atoms with Crippen LogP contribution in [0.2, 0.25) is 0 Å². The number of carbonyl (C=O) groups excluding carboxylic acids is 2. The largest absolute Gasteiger partial charge is 0.464 e. The molecule has 0 bridgehead atoms. The normalized spacial score (nSPS) is 19.4. The first kappa shape index (κ1) is 17.1. The van der Waals surface area contributed by atoms with Gasteiger partial charge in [0.15, 0.2) is 0 Å². The number of pyridine rings is 1. The zero-order valence-electron chi connectivity index (χ0n) is 13.9. The molecule has 1 fully saturated rings. The molecule has 0 aliphatic heterocycles. The second-order valence-electron chi connectivity index (χ2n) is 6.09. The zero-order chi connectivity index (χ0) is 17.8. The molecule has 2 aromatic rings. The van der Waals surface area contributed by atoms with Gasteiger partial charge in [-0.25, -0.2) is 14.2 Å². The minimum atomic E-state index is -0.584. The van der Waals surface area contributed by atoms with E-state index in [0.717, 1.165) is 24.8 Å². The number of halogens is 1. The van der Waals surface area contributed by atoms with E-state index in [9.17, 15) is 14.0 Å². The summed E-state index contributed by atoms with van der Waals surface area (Å²) in [7, 11) is 1.27. The summed E-state index contributed by atoms with van der Waals surface area (Å²) in [6.45, 7) is 0. The molecule has 1 amide bonds. The summed E-state index contributed by atoms with van der Waals surface area (Å²) in [4.78, 5) is 28.0. The van der Waals surface area contributed by atoms with E-state index in [0.29, 0.717) is 5.56 Å². The third-order valence-electron chi connectivity index (χ3n) is 4.55. The lowest BCUT2D eigenvalue weighted by atomic mass is 9.94. The van der Waals surface area contributed by atoms with Gasteiger partial charge < -0.3 is 10.1 Å². The summed E-state index contributed by atoms with van der Waals surface area (Å²) >= 11 is 0. The van der Waals surface area contributed by atoms with Crippen LogP contribution in [0.5, 0.6) is 0 Å². The number of ether oxygens (including phenoxy) is 1. The highest BCUT2D eigenvalue weighted by Crippen LogP contribution is 2.34. The zero-order valence-corrected chi connectivity index (χ0v) is 13.9. The first-order valence-electron chi connectivity index (χ1n) is 8.19. The Morgan fingerprint density at radius 2 is 1.96 bits per heavy atom. The second kappa shape index (κ2) is 7.42. The van der Waals surface area contributed by atoms with E-state index in [1.54, 1.807) is 18.2 Å². The molecule has 0 saturated heterocycles. The summed E-state index contributed by atoms with van der Waals surface area (Å²) in [6.07, 6.45) is 4.22. The van der Waals surface area contributed by atoms with Gasteiger partial charge in [-0.15, -0.1) is 0 Å². The average molecular weight is 342 g/mol. The van der Waals surface area contributed by atoms with Crippen molar-refractivity contribution in [1.82, 2.24) is 10.3 Å². The standard InChI is InChI=1S/C19H19FN2O3/c1-25-19(24)17-11-13(9-10-21-17)18(23)22-16-4-2-3-15(16)12-5-7-14(20)8-6-12/h5-11,15-16H,2-4H2,1H3,(H,22,23)/t15-,16-/m1/s1. The highest BCUT2D eigenvalue weighted by atomic mass is 19.1. The fourth-order valence-electron chi connectivity index (χ4n) is 3.28. The molecule has 25 heavy (non-hydrogen) atoms. The lowest BCUT2D eigenvalue weighted by Crippen LogP contribution is -2.36. The van der Waals surface area contributed by atoms with Gasteiger partial charge in [0.1, 0.15) is 11.5 Å². The van der Waals surface area contributed by atoms with E-state index in [4.69, 9.17) is 0 Å². The van der Waals surface area contributed by atoms with Crippen molar-refractivity contribution in [1.29, 1.82) is 0 Å². The van der Waals surface area contributed by atoms with Crippen LogP contribution in [0.3, 0.4) is 0 Å². The molecule has 130 valence electrons. The van der Waals surface area contributed by atoms with Gasteiger partial charge in [0.2, 0.25) is 0 Å². The lowest BCUT2D eigenvalue weighted by molar-refractivity contribution is 0.0594. The third kappa shape index (κ3) is 3.84. The Balaban J connectivity index is 1.73. The Morgan fingerprint density at radius 1 is 1.20 bits per heavy atom. The topological polar surface area (TPSA) is 68.3 Å². The van der Waals surface area contributed by atoms with Crippen molar-refractivity contribution in [2.45, 2.75) is 31.2 Å². The maximum Gasteiger partial charge on any atom is 0.356 e. The molecule has 1 heterocycles. The summed E-state index contributed by atoms with van der Waals surface area (Å²) in [6, 6.07) is 9.38. The predicted molar refractivity (Wildman–Crippen MR) is 89.8 cm³/mol. The van der Waals surface area contributed by atoms with Gasteiger partial charge in [-0.1, -0.05) is 18.6 Å². The van der Waals surface area contributed by atoms with Gasteiger partial charge in [-0.2, -0.15) is 0 Å². The number of nitrogens with zero attached hydrogens (tertiary/aromatic N) is 1. The van der Waals surface area contributed by atoms with Crippen LogP contribution in [-0.2, 0) is 4.74 Å². The molecule has 1 saturated carbocycles. The summed E-state index contributed by atoms with van der Waals surface area (Å²) < 4.78 is 17.7. The molecule has 1 aromatic heterocycles. The number of methoxy groups -OCH3 is 1. The van der Waals surface area contributed by atoms with Gasteiger partial charge in [-0.3, -0.25) is 4.79 Å². The Kier molecular flexibility index (Phi) is 5.07. The number of hydrogen-bond donors (Lipinski definition) is 1. The number of carbonyl (C=O) groups is 2. The number of rotatable bonds is 4. The van der Waals surface area contributed by atoms with Gasteiger partial charge in [0, 0.05) is 23.7 Å². The quantitative estimate of drug-likeness (QED) is 0.867. The van der Waals surface area contributed by atoms with Crippen LogP contribution < -0.4 is 5.32 Å². The number of amides is 1. The maximum atomic E-state index is 13.1. The van der Waals surface area contributed by atoms with E-state index < -0.39 is 5.97 Å². The van der Waals surface area contributed by atoms with Crippen LogP contribution in [0.1, 0.15) is 51.6 Å². The molecular weight excluding hydrogens is 323 g/mol. The van der Waals surface area contributed by atoms with E-state index in [1.807, 2.05) is 0 Å². The predicted octanol–water partition coefficient (Wildman–Crippen LogP) is 3.07.